The first-order valence-electron chi connectivity index (χ1n) is 7.09. The summed E-state index contributed by atoms with van der Waals surface area (Å²) in [6.45, 7) is 5.37. The molecule has 0 amide bonds. The summed E-state index contributed by atoms with van der Waals surface area (Å²) in [5.41, 5.74) is 1.26. The van der Waals surface area contributed by atoms with E-state index in [0.29, 0.717) is 0 Å². The molecular formula is C16H19BrN2OS. The van der Waals surface area contributed by atoms with E-state index >= 15 is 0 Å². The second-order valence-electron chi connectivity index (χ2n) is 5.16. The molecule has 1 aromatic carbocycles. The molecule has 112 valence electrons. The first-order valence-corrected chi connectivity index (χ1v) is 8.77. The van der Waals surface area contributed by atoms with E-state index in [1.807, 2.05) is 17.4 Å². The minimum Gasteiger partial charge on any atom is -0.497 e. The van der Waals surface area contributed by atoms with Gasteiger partial charge in [0.2, 0.25) is 0 Å². The fraction of sp³-hybridized carbons (Fsp3) is 0.375. The van der Waals surface area contributed by atoms with Gasteiger partial charge in [-0.1, -0.05) is 6.07 Å². The van der Waals surface area contributed by atoms with Crippen molar-refractivity contribution in [1.82, 2.24) is 4.90 Å². The Kier molecular flexibility index (Phi) is 4.83. The van der Waals surface area contributed by atoms with Crippen LogP contribution in [-0.4, -0.2) is 38.2 Å². The Bertz CT molecular complexity index is 593. The van der Waals surface area contributed by atoms with Gasteiger partial charge in [0.05, 0.1) is 7.11 Å². The Morgan fingerprint density at radius 2 is 2.00 bits per heavy atom. The molecule has 0 N–H and O–H groups in total. The summed E-state index contributed by atoms with van der Waals surface area (Å²) in [5.74, 6) is 0.928. The van der Waals surface area contributed by atoms with E-state index in [-0.39, 0.29) is 0 Å². The van der Waals surface area contributed by atoms with Crippen molar-refractivity contribution in [3.05, 3.63) is 45.1 Å². The van der Waals surface area contributed by atoms with Crippen LogP contribution in [0.1, 0.15) is 4.88 Å². The number of methoxy groups -OCH3 is 1. The predicted octanol–water partition coefficient (Wildman–Crippen LogP) is 3.84. The highest BCUT2D eigenvalue weighted by Crippen LogP contribution is 2.26. The zero-order valence-corrected chi connectivity index (χ0v) is 14.5. The normalized spacial score (nSPS) is 16.2. The molecule has 3 rings (SSSR count). The van der Waals surface area contributed by atoms with Crippen molar-refractivity contribution in [2.24, 2.45) is 0 Å². The van der Waals surface area contributed by atoms with Crippen LogP contribution >= 0.6 is 27.3 Å². The number of thiophene rings is 1. The molecule has 21 heavy (non-hydrogen) atoms. The molecule has 1 aliphatic rings. The van der Waals surface area contributed by atoms with Crippen molar-refractivity contribution in [3.63, 3.8) is 0 Å². The predicted molar refractivity (Wildman–Crippen MR) is 92.5 cm³/mol. The zero-order valence-electron chi connectivity index (χ0n) is 12.1. The van der Waals surface area contributed by atoms with Crippen LogP contribution in [0, 0.1) is 0 Å². The summed E-state index contributed by atoms with van der Waals surface area (Å²) in [6.07, 6.45) is 0. The van der Waals surface area contributed by atoms with Crippen LogP contribution in [0.25, 0.3) is 0 Å². The zero-order chi connectivity index (χ0) is 14.7. The first kappa shape index (κ1) is 14.9. The van der Waals surface area contributed by atoms with Crippen LogP contribution in [0.2, 0.25) is 0 Å². The fourth-order valence-electron chi connectivity index (χ4n) is 2.61. The van der Waals surface area contributed by atoms with Crippen molar-refractivity contribution in [2.75, 3.05) is 38.2 Å². The molecule has 0 radical (unpaired) electrons. The minimum atomic E-state index is 0.928. The first-order chi connectivity index (χ1) is 10.3. The van der Waals surface area contributed by atoms with E-state index in [9.17, 15) is 0 Å². The molecule has 0 spiro atoms. The minimum absolute atomic E-state index is 0.928. The number of ether oxygens (including phenoxy) is 1. The van der Waals surface area contributed by atoms with Gasteiger partial charge in [0.15, 0.2) is 0 Å². The third kappa shape index (κ3) is 3.59. The molecule has 1 fully saturated rings. The van der Waals surface area contributed by atoms with E-state index in [0.717, 1.165) is 38.5 Å². The molecule has 5 heteroatoms. The lowest BCUT2D eigenvalue weighted by atomic mass is 10.2. The smallest absolute Gasteiger partial charge is 0.120 e. The van der Waals surface area contributed by atoms with Crippen LogP contribution in [0.5, 0.6) is 5.75 Å². The quantitative estimate of drug-likeness (QED) is 0.817. The Morgan fingerprint density at radius 1 is 1.19 bits per heavy atom. The van der Waals surface area contributed by atoms with Gasteiger partial charge in [-0.15, -0.1) is 11.3 Å². The molecule has 0 unspecified atom stereocenters. The van der Waals surface area contributed by atoms with Crippen molar-refractivity contribution < 1.29 is 4.74 Å². The standard InChI is InChI=1S/C16H19BrN2OS/c1-20-14-4-2-3-13(11-14)19-8-6-18(7-9-19)12-16-15(17)5-10-21-16/h2-5,10-11H,6-9,12H2,1H3. The molecule has 2 aromatic rings. The number of hydrogen-bond acceptors (Lipinski definition) is 4. The lowest BCUT2D eigenvalue weighted by molar-refractivity contribution is 0.251. The molecule has 1 aromatic heterocycles. The van der Waals surface area contributed by atoms with Gasteiger partial charge in [-0.25, -0.2) is 0 Å². The van der Waals surface area contributed by atoms with Crippen molar-refractivity contribution in [1.29, 1.82) is 0 Å². The van der Waals surface area contributed by atoms with E-state index in [2.05, 4.69) is 55.4 Å². The van der Waals surface area contributed by atoms with Crippen LogP contribution in [-0.2, 0) is 6.54 Å². The Balaban J connectivity index is 1.58. The van der Waals surface area contributed by atoms with Crippen LogP contribution < -0.4 is 9.64 Å². The highest BCUT2D eigenvalue weighted by molar-refractivity contribution is 9.10. The number of rotatable bonds is 4. The van der Waals surface area contributed by atoms with Gasteiger partial charge in [0.25, 0.3) is 0 Å². The summed E-state index contributed by atoms with van der Waals surface area (Å²) < 4.78 is 6.55. The summed E-state index contributed by atoms with van der Waals surface area (Å²) in [6, 6.07) is 10.5. The number of halogens is 1. The number of piperazine rings is 1. The molecule has 0 aliphatic carbocycles. The molecule has 3 nitrogen and oxygen atoms in total. The molecule has 2 heterocycles. The largest absolute Gasteiger partial charge is 0.497 e. The van der Waals surface area contributed by atoms with Gasteiger partial charge in [0, 0.05) is 53.8 Å². The molecule has 0 bridgehead atoms. The van der Waals surface area contributed by atoms with Crippen molar-refractivity contribution in [2.45, 2.75) is 6.54 Å². The average Bonchev–Trinajstić information content (AvgIpc) is 2.93. The van der Waals surface area contributed by atoms with Gasteiger partial charge < -0.3 is 9.64 Å². The maximum Gasteiger partial charge on any atom is 0.120 e. The van der Waals surface area contributed by atoms with Crippen LogP contribution in [0.3, 0.4) is 0 Å². The Hall–Kier alpha value is -1.04. The van der Waals surface area contributed by atoms with Gasteiger partial charge in [0.1, 0.15) is 5.75 Å². The topological polar surface area (TPSA) is 15.7 Å². The van der Waals surface area contributed by atoms with E-state index < -0.39 is 0 Å². The monoisotopic (exact) mass is 366 g/mol. The summed E-state index contributed by atoms with van der Waals surface area (Å²) in [5, 5.41) is 2.14. The maximum atomic E-state index is 5.31. The second kappa shape index (κ2) is 6.81. The average molecular weight is 367 g/mol. The Labute approximate surface area is 138 Å². The summed E-state index contributed by atoms with van der Waals surface area (Å²) in [7, 11) is 1.72. The number of hydrogen-bond donors (Lipinski definition) is 0. The maximum absolute atomic E-state index is 5.31. The molecular weight excluding hydrogens is 348 g/mol. The second-order valence-corrected chi connectivity index (χ2v) is 7.01. The van der Waals surface area contributed by atoms with Crippen molar-refractivity contribution >= 4 is 33.0 Å². The van der Waals surface area contributed by atoms with E-state index in [1.165, 1.54) is 15.0 Å². The Morgan fingerprint density at radius 3 is 2.67 bits per heavy atom. The van der Waals surface area contributed by atoms with E-state index in [4.69, 9.17) is 4.74 Å². The van der Waals surface area contributed by atoms with Crippen LogP contribution in [0.15, 0.2) is 40.2 Å². The fourth-order valence-corrected chi connectivity index (χ4v) is 4.13. The highest BCUT2D eigenvalue weighted by Gasteiger charge is 2.18. The van der Waals surface area contributed by atoms with Gasteiger partial charge in [-0.3, -0.25) is 4.90 Å². The van der Waals surface area contributed by atoms with Gasteiger partial charge in [-0.05, 0) is 39.5 Å². The molecule has 0 saturated carbocycles. The highest BCUT2D eigenvalue weighted by atomic mass is 79.9. The lowest BCUT2D eigenvalue weighted by Crippen LogP contribution is -2.45. The third-order valence-corrected chi connectivity index (χ3v) is 5.76. The summed E-state index contributed by atoms with van der Waals surface area (Å²) >= 11 is 5.44. The lowest BCUT2D eigenvalue weighted by Gasteiger charge is -2.36. The number of nitrogens with zero attached hydrogens (tertiary/aromatic N) is 2. The van der Waals surface area contributed by atoms with E-state index in [1.54, 1.807) is 7.11 Å². The number of benzene rings is 1. The van der Waals surface area contributed by atoms with Crippen molar-refractivity contribution in [3.8, 4) is 5.75 Å². The molecule has 0 atom stereocenters. The SMILES string of the molecule is COc1cccc(N2CCN(Cc3sccc3Br)CC2)c1. The number of anilines is 1. The van der Waals surface area contributed by atoms with Crippen LogP contribution in [0.4, 0.5) is 5.69 Å². The third-order valence-electron chi connectivity index (χ3n) is 3.85. The van der Waals surface area contributed by atoms with Gasteiger partial charge >= 0.3 is 0 Å². The van der Waals surface area contributed by atoms with Gasteiger partial charge in [-0.2, -0.15) is 0 Å². The summed E-state index contributed by atoms with van der Waals surface area (Å²) in [4.78, 5) is 6.38. The molecule has 1 saturated heterocycles. The molecule has 1 aliphatic heterocycles.